The van der Waals surface area contributed by atoms with Gasteiger partial charge in [-0.25, -0.2) is 0 Å². The van der Waals surface area contributed by atoms with Crippen LogP contribution in [-0.2, 0) is 9.59 Å². The Morgan fingerprint density at radius 3 is 1.73 bits per heavy atom. The molecule has 0 aromatic carbocycles. The minimum atomic E-state index is -1.08. The molecule has 0 rings (SSSR count). The van der Waals surface area contributed by atoms with E-state index in [0.29, 0.717) is 0 Å². The molecule has 54 valence electrons. The molecule has 1 unspecified atom stereocenters. The van der Waals surface area contributed by atoms with Crippen LogP contribution in [0, 0.1) is 5.92 Å². The number of hydrogen-bond donors (Lipinski definition) is 2. The van der Waals surface area contributed by atoms with Crippen LogP contribution in [0.2, 0.25) is 0 Å². The van der Waals surface area contributed by atoms with E-state index in [9.17, 15) is 9.59 Å². The van der Waals surface area contributed by atoms with Gasteiger partial charge in [0.1, 0.15) is 0 Å². The molecule has 0 saturated carbocycles. The van der Waals surface area contributed by atoms with Gasteiger partial charge in [-0.2, -0.15) is 0 Å². The average Bonchev–Trinajstić information content (AvgIpc) is 1.63. The second-order valence-corrected chi connectivity index (χ2v) is 1.84. The zero-order valence-corrected chi connectivity index (χ0v) is 11.0. The van der Waals surface area contributed by atoms with E-state index in [1.807, 2.05) is 0 Å². The van der Waals surface area contributed by atoms with E-state index in [0.717, 1.165) is 0 Å². The Morgan fingerprint density at radius 1 is 1.27 bits per heavy atom. The van der Waals surface area contributed by atoms with Gasteiger partial charge in [-0.05, 0) is 0 Å². The van der Waals surface area contributed by atoms with Crippen molar-refractivity contribution < 1.29 is 19.8 Å². The first-order chi connectivity index (χ1) is 4.04. The molecule has 0 fully saturated rings. The van der Waals surface area contributed by atoms with Gasteiger partial charge in [0.2, 0.25) is 0 Å². The van der Waals surface area contributed by atoms with Crippen molar-refractivity contribution in [3.8, 4) is 0 Å². The fourth-order valence-corrected chi connectivity index (χ4v) is 0.349. The van der Waals surface area contributed by atoms with Crippen LogP contribution < -0.4 is 0 Å². The van der Waals surface area contributed by atoms with Crippen molar-refractivity contribution in [3.63, 3.8) is 0 Å². The summed E-state index contributed by atoms with van der Waals surface area (Å²) >= 11 is 0. The predicted octanol–water partition coefficient (Wildman–Crippen LogP) is -0.580. The van der Waals surface area contributed by atoms with E-state index in [4.69, 9.17) is 10.2 Å². The SMILES string of the molecule is CC(CC(=O)O)C(=O)O.[Na].[Na]. The summed E-state index contributed by atoms with van der Waals surface area (Å²) in [6.07, 6.45) is -0.310. The Bertz CT molecular complexity index is 136. The zero-order chi connectivity index (χ0) is 7.44. The monoisotopic (exact) mass is 178 g/mol. The smallest absolute Gasteiger partial charge is 0.306 e. The fourth-order valence-electron chi connectivity index (χ4n) is 0.349. The second-order valence-electron chi connectivity index (χ2n) is 1.84. The third kappa shape index (κ3) is 10.9. The fraction of sp³-hybridized carbons (Fsp3) is 0.600. The molecule has 0 bridgehead atoms. The van der Waals surface area contributed by atoms with Gasteiger partial charge in [-0.15, -0.1) is 0 Å². The third-order valence-corrected chi connectivity index (χ3v) is 0.902. The van der Waals surface area contributed by atoms with Crippen LogP contribution in [0.3, 0.4) is 0 Å². The summed E-state index contributed by atoms with van der Waals surface area (Å²) < 4.78 is 0. The van der Waals surface area contributed by atoms with Gasteiger partial charge < -0.3 is 10.2 Å². The molecule has 0 aliphatic rings. The van der Waals surface area contributed by atoms with Crippen LogP contribution in [0.4, 0.5) is 0 Å². The molecule has 0 saturated heterocycles. The summed E-state index contributed by atoms with van der Waals surface area (Å²) in [7, 11) is 0. The van der Waals surface area contributed by atoms with Gasteiger partial charge in [-0.1, -0.05) is 6.92 Å². The van der Waals surface area contributed by atoms with E-state index in [1.54, 1.807) is 0 Å². The topological polar surface area (TPSA) is 74.6 Å². The van der Waals surface area contributed by atoms with Crippen molar-refractivity contribution in [1.29, 1.82) is 0 Å². The van der Waals surface area contributed by atoms with E-state index in [1.165, 1.54) is 6.92 Å². The van der Waals surface area contributed by atoms with Crippen LogP contribution >= 0.6 is 0 Å². The largest absolute Gasteiger partial charge is 0.481 e. The van der Waals surface area contributed by atoms with Gasteiger partial charge in [0.15, 0.2) is 0 Å². The van der Waals surface area contributed by atoms with E-state index in [2.05, 4.69) is 0 Å². The maximum atomic E-state index is 9.97. The van der Waals surface area contributed by atoms with Gasteiger partial charge in [0.05, 0.1) is 12.3 Å². The predicted molar refractivity (Wildman–Crippen MR) is 40.6 cm³/mol. The summed E-state index contributed by atoms with van der Waals surface area (Å²) in [5.41, 5.74) is 0. The Kier molecular flexibility index (Phi) is 14.7. The van der Waals surface area contributed by atoms with Crippen LogP contribution in [-0.4, -0.2) is 81.3 Å². The summed E-state index contributed by atoms with van der Waals surface area (Å²) in [5, 5.41) is 16.2. The van der Waals surface area contributed by atoms with Gasteiger partial charge >= 0.3 is 11.9 Å². The first kappa shape index (κ1) is 17.9. The Morgan fingerprint density at radius 2 is 1.64 bits per heavy atom. The van der Waals surface area contributed by atoms with E-state index in [-0.39, 0.29) is 65.5 Å². The number of carboxylic acids is 2. The third-order valence-electron chi connectivity index (χ3n) is 0.902. The number of hydrogen-bond acceptors (Lipinski definition) is 2. The number of carboxylic acid groups (broad SMARTS) is 2. The zero-order valence-electron chi connectivity index (χ0n) is 7.00. The molecule has 0 aromatic rings. The summed E-state index contributed by atoms with van der Waals surface area (Å²) in [5.74, 6) is -2.94. The minimum Gasteiger partial charge on any atom is -0.481 e. The van der Waals surface area contributed by atoms with E-state index >= 15 is 0 Å². The van der Waals surface area contributed by atoms with Gasteiger partial charge in [0.25, 0.3) is 0 Å². The molecular weight excluding hydrogens is 170 g/mol. The molecule has 1 atom stereocenters. The van der Waals surface area contributed by atoms with E-state index < -0.39 is 17.9 Å². The number of carbonyl (C=O) groups is 2. The molecule has 0 spiro atoms. The molecule has 6 heteroatoms. The Balaban J connectivity index is -0.000000320. The maximum Gasteiger partial charge on any atom is 0.306 e. The molecular formula is C5H8Na2O4. The summed E-state index contributed by atoms with van der Waals surface area (Å²) in [6, 6.07) is 0. The molecule has 11 heavy (non-hydrogen) atoms. The first-order valence-electron chi connectivity index (χ1n) is 2.48. The van der Waals surface area contributed by atoms with Crippen molar-refractivity contribution in [1.82, 2.24) is 0 Å². The van der Waals surface area contributed by atoms with Gasteiger partial charge in [0, 0.05) is 59.1 Å². The van der Waals surface area contributed by atoms with Crippen molar-refractivity contribution in [2.45, 2.75) is 13.3 Å². The standard InChI is InChI=1S/C5H8O4.2Na/c1-3(5(8)9)2-4(6)7;;/h3H,2H2,1H3,(H,6,7)(H,8,9);;. The normalized spacial score (nSPS) is 10.3. The maximum absolute atomic E-state index is 9.97. The number of rotatable bonds is 3. The van der Waals surface area contributed by atoms with Gasteiger partial charge in [-0.3, -0.25) is 9.59 Å². The quantitative estimate of drug-likeness (QED) is 0.567. The van der Waals surface area contributed by atoms with Crippen LogP contribution in [0.1, 0.15) is 13.3 Å². The molecule has 2 N–H and O–H groups in total. The van der Waals surface area contributed by atoms with Crippen LogP contribution in [0.15, 0.2) is 0 Å². The summed E-state index contributed by atoms with van der Waals surface area (Å²) in [4.78, 5) is 19.8. The summed E-state index contributed by atoms with van der Waals surface area (Å²) in [6.45, 7) is 1.36. The molecule has 0 heterocycles. The van der Waals surface area contributed by atoms with Crippen LogP contribution in [0.25, 0.3) is 0 Å². The Hall–Kier alpha value is 0.940. The first-order valence-corrected chi connectivity index (χ1v) is 2.48. The molecule has 0 aromatic heterocycles. The number of aliphatic carboxylic acids is 2. The van der Waals surface area contributed by atoms with Crippen molar-refractivity contribution >= 4 is 71.1 Å². The van der Waals surface area contributed by atoms with Crippen molar-refractivity contribution in [2.24, 2.45) is 5.92 Å². The molecule has 2 radical (unpaired) electrons. The molecule has 0 amide bonds. The molecule has 0 aliphatic heterocycles. The molecule has 0 aliphatic carbocycles. The van der Waals surface area contributed by atoms with Crippen molar-refractivity contribution in [2.75, 3.05) is 0 Å². The second kappa shape index (κ2) is 9.03. The van der Waals surface area contributed by atoms with Crippen molar-refractivity contribution in [3.05, 3.63) is 0 Å². The van der Waals surface area contributed by atoms with Crippen LogP contribution in [0.5, 0.6) is 0 Å². The molecule has 4 nitrogen and oxygen atoms in total. The average molecular weight is 178 g/mol. The minimum absolute atomic E-state index is 0. The Labute approximate surface area is 109 Å².